The summed E-state index contributed by atoms with van der Waals surface area (Å²) in [4.78, 5) is 8.82. The van der Waals surface area contributed by atoms with Crippen molar-refractivity contribution in [2.24, 2.45) is 0 Å². The Bertz CT molecular complexity index is 1160. The predicted octanol–water partition coefficient (Wildman–Crippen LogP) is 3.63. The summed E-state index contributed by atoms with van der Waals surface area (Å²) in [7, 11) is 0. The van der Waals surface area contributed by atoms with E-state index in [0.29, 0.717) is 17.3 Å². The monoisotopic (exact) mass is 393 g/mol. The van der Waals surface area contributed by atoms with Crippen LogP contribution in [0.1, 0.15) is 18.5 Å². The van der Waals surface area contributed by atoms with Gasteiger partial charge in [-0.25, -0.2) is 9.37 Å². The van der Waals surface area contributed by atoms with E-state index in [-0.39, 0.29) is 11.9 Å². The lowest BCUT2D eigenvalue weighted by Crippen LogP contribution is -2.34. The topological polar surface area (TPSA) is 77.5 Å². The van der Waals surface area contributed by atoms with Gasteiger partial charge in [0, 0.05) is 18.0 Å². The van der Waals surface area contributed by atoms with Gasteiger partial charge in [0.25, 0.3) is 5.89 Å². The third-order valence-corrected chi connectivity index (χ3v) is 5.01. The van der Waals surface area contributed by atoms with Crippen LogP contribution in [0.4, 0.5) is 4.39 Å². The molecule has 1 saturated heterocycles. The molecule has 1 aromatic carbocycles. The molecule has 4 heterocycles. The normalized spacial score (nSPS) is 15.1. The number of aromatic nitrogens is 4. The number of imidazole rings is 1. The number of ether oxygens (including phenoxy) is 1. The molecule has 29 heavy (non-hydrogen) atoms. The number of hydrogen-bond acceptors (Lipinski definition) is 6. The van der Waals surface area contributed by atoms with Gasteiger partial charge in [-0.05, 0) is 63.2 Å². The van der Waals surface area contributed by atoms with Crippen LogP contribution in [0.3, 0.4) is 0 Å². The van der Waals surface area contributed by atoms with Crippen LogP contribution in [0.25, 0.3) is 28.5 Å². The highest BCUT2D eigenvalue weighted by Gasteiger charge is 2.18. The fourth-order valence-electron chi connectivity index (χ4n) is 3.53. The van der Waals surface area contributed by atoms with E-state index in [1.165, 1.54) is 6.07 Å². The van der Waals surface area contributed by atoms with Gasteiger partial charge >= 0.3 is 0 Å². The van der Waals surface area contributed by atoms with Crippen LogP contribution in [0.5, 0.6) is 5.75 Å². The summed E-state index contributed by atoms with van der Waals surface area (Å²) >= 11 is 0. The molecule has 4 aromatic rings. The van der Waals surface area contributed by atoms with E-state index in [9.17, 15) is 4.39 Å². The van der Waals surface area contributed by atoms with Gasteiger partial charge in [0.15, 0.2) is 11.6 Å². The molecule has 0 atom stereocenters. The number of rotatable bonds is 4. The number of aryl methyl sites for hydroxylation is 1. The largest absolute Gasteiger partial charge is 0.487 e. The second kappa shape index (κ2) is 7.29. The van der Waals surface area contributed by atoms with Gasteiger partial charge in [-0.1, -0.05) is 5.16 Å². The van der Waals surface area contributed by atoms with Crippen molar-refractivity contribution in [1.29, 1.82) is 0 Å². The first-order chi connectivity index (χ1) is 14.2. The highest BCUT2D eigenvalue weighted by molar-refractivity contribution is 5.61. The Morgan fingerprint density at radius 1 is 1.10 bits per heavy atom. The van der Waals surface area contributed by atoms with Crippen molar-refractivity contribution in [3.8, 4) is 28.6 Å². The predicted molar refractivity (Wildman–Crippen MR) is 105 cm³/mol. The van der Waals surface area contributed by atoms with Crippen molar-refractivity contribution in [1.82, 2.24) is 24.8 Å². The maximum atomic E-state index is 14.6. The lowest BCUT2D eigenvalue weighted by atomic mass is 10.1. The molecule has 148 valence electrons. The smallest absolute Gasteiger partial charge is 0.259 e. The molecule has 0 saturated carbocycles. The Balaban J connectivity index is 1.38. The summed E-state index contributed by atoms with van der Waals surface area (Å²) in [5, 5.41) is 7.27. The lowest BCUT2D eigenvalue weighted by Gasteiger charge is -2.24. The summed E-state index contributed by atoms with van der Waals surface area (Å²) in [5.74, 6) is 0.519. The number of halogens is 1. The molecule has 5 rings (SSSR count). The Hall–Kier alpha value is -3.26. The Kier molecular flexibility index (Phi) is 4.48. The summed E-state index contributed by atoms with van der Waals surface area (Å²) < 4.78 is 27.7. The van der Waals surface area contributed by atoms with Gasteiger partial charge in [-0.3, -0.25) is 0 Å². The van der Waals surface area contributed by atoms with E-state index in [0.717, 1.165) is 42.8 Å². The van der Waals surface area contributed by atoms with Crippen LogP contribution >= 0.6 is 0 Å². The molecule has 0 spiro atoms. The summed E-state index contributed by atoms with van der Waals surface area (Å²) in [5.41, 5.74) is 3.07. The van der Waals surface area contributed by atoms with Crippen LogP contribution in [-0.2, 0) is 0 Å². The molecule has 0 bridgehead atoms. The highest BCUT2D eigenvalue weighted by Crippen LogP contribution is 2.28. The fraction of sp³-hybridized carbons (Fsp3) is 0.286. The minimum atomic E-state index is -0.428. The number of nitrogens with one attached hydrogen (secondary N) is 1. The summed E-state index contributed by atoms with van der Waals surface area (Å²) in [6.45, 7) is 3.71. The third-order valence-electron chi connectivity index (χ3n) is 5.01. The van der Waals surface area contributed by atoms with E-state index in [1.807, 2.05) is 35.9 Å². The number of pyridine rings is 1. The summed E-state index contributed by atoms with van der Waals surface area (Å²) in [6, 6.07) is 8.52. The van der Waals surface area contributed by atoms with E-state index in [4.69, 9.17) is 9.26 Å². The van der Waals surface area contributed by atoms with Crippen molar-refractivity contribution in [3.63, 3.8) is 0 Å². The Labute approximate surface area is 166 Å². The van der Waals surface area contributed by atoms with Crippen molar-refractivity contribution in [2.75, 3.05) is 13.1 Å². The van der Waals surface area contributed by atoms with Crippen molar-refractivity contribution < 1.29 is 13.7 Å². The molecule has 1 aliphatic rings. The quantitative estimate of drug-likeness (QED) is 0.571. The van der Waals surface area contributed by atoms with Gasteiger partial charge in [0.2, 0.25) is 5.82 Å². The van der Waals surface area contributed by atoms with Gasteiger partial charge in [0.1, 0.15) is 11.8 Å². The Morgan fingerprint density at radius 3 is 2.76 bits per heavy atom. The zero-order valence-electron chi connectivity index (χ0n) is 15.9. The van der Waals surface area contributed by atoms with Crippen molar-refractivity contribution in [3.05, 3.63) is 54.2 Å². The first kappa shape index (κ1) is 17.8. The van der Waals surface area contributed by atoms with Gasteiger partial charge < -0.3 is 19.0 Å². The Morgan fingerprint density at radius 2 is 1.93 bits per heavy atom. The second-order valence-electron chi connectivity index (χ2n) is 7.20. The summed E-state index contributed by atoms with van der Waals surface area (Å²) in [6.07, 6.45) is 5.58. The first-order valence-corrected chi connectivity index (χ1v) is 9.62. The molecule has 7 nitrogen and oxygen atoms in total. The minimum Gasteiger partial charge on any atom is -0.487 e. The molecule has 1 fully saturated rings. The molecule has 1 N–H and O–H groups in total. The van der Waals surface area contributed by atoms with Crippen molar-refractivity contribution in [2.45, 2.75) is 25.9 Å². The second-order valence-corrected chi connectivity index (χ2v) is 7.20. The van der Waals surface area contributed by atoms with Crippen LogP contribution in [0, 0.1) is 12.7 Å². The van der Waals surface area contributed by atoms with Crippen LogP contribution in [-0.4, -0.2) is 38.7 Å². The SMILES string of the molecule is Cc1cn2cc(-c3nc(-c4ccc(OC5CCNCC5)c(F)c4)no3)ccc2n1. The zero-order valence-corrected chi connectivity index (χ0v) is 15.9. The number of nitrogens with zero attached hydrogens (tertiary/aromatic N) is 4. The molecule has 0 amide bonds. The molecule has 0 radical (unpaired) electrons. The molecule has 8 heteroatoms. The lowest BCUT2D eigenvalue weighted by molar-refractivity contribution is 0.156. The highest BCUT2D eigenvalue weighted by atomic mass is 19.1. The van der Waals surface area contributed by atoms with Gasteiger partial charge in [-0.2, -0.15) is 4.98 Å². The molecular formula is C21H20FN5O2. The average Bonchev–Trinajstić information content (AvgIpc) is 3.35. The molecule has 3 aromatic heterocycles. The fourth-order valence-corrected chi connectivity index (χ4v) is 3.53. The van der Waals surface area contributed by atoms with Gasteiger partial charge in [0.05, 0.1) is 11.3 Å². The van der Waals surface area contributed by atoms with E-state index >= 15 is 0 Å². The average molecular weight is 393 g/mol. The molecule has 0 unspecified atom stereocenters. The van der Waals surface area contributed by atoms with Crippen LogP contribution < -0.4 is 10.1 Å². The minimum absolute atomic E-state index is 0.0371. The molecule has 1 aliphatic heterocycles. The van der Waals surface area contributed by atoms with E-state index in [2.05, 4.69) is 20.4 Å². The number of benzene rings is 1. The van der Waals surface area contributed by atoms with Crippen LogP contribution in [0.2, 0.25) is 0 Å². The van der Waals surface area contributed by atoms with Gasteiger partial charge in [-0.15, -0.1) is 0 Å². The standard InChI is InChI=1S/C21H20FN5O2/c1-13-11-27-12-15(3-5-19(27)24-13)21-25-20(26-29-21)14-2-4-18(17(22)10-14)28-16-6-8-23-9-7-16/h2-5,10-12,16,23H,6-9H2,1H3. The van der Waals surface area contributed by atoms with Crippen LogP contribution in [0.15, 0.2) is 47.2 Å². The first-order valence-electron chi connectivity index (χ1n) is 9.62. The van der Waals surface area contributed by atoms with Crippen molar-refractivity contribution >= 4 is 5.65 Å². The third kappa shape index (κ3) is 3.58. The zero-order chi connectivity index (χ0) is 19.8. The molecular weight excluding hydrogens is 373 g/mol. The maximum absolute atomic E-state index is 14.6. The molecule has 0 aliphatic carbocycles. The number of fused-ring (bicyclic) bond motifs is 1. The van der Waals surface area contributed by atoms with E-state index < -0.39 is 5.82 Å². The van der Waals surface area contributed by atoms with E-state index in [1.54, 1.807) is 12.1 Å². The maximum Gasteiger partial charge on any atom is 0.259 e. The number of piperidine rings is 1. The number of hydrogen-bond donors (Lipinski definition) is 1.